The first kappa shape index (κ1) is 19.4. The van der Waals surface area contributed by atoms with Crippen LogP contribution >= 0.6 is 0 Å². The van der Waals surface area contributed by atoms with E-state index >= 15 is 0 Å². The molecule has 0 radical (unpaired) electrons. The van der Waals surface area contributed by atoms with E-state index in [2.05, 4.69) is 82.2 Å². The van der Waals surface area contributed by atoms with E-state index in [9.17, 15) is 0 Å². The molecule has 4 aromatic rings. The predicted octanol–water partition coefficient (Wildman–Crippen LogP) is 6.80. The zero-order valence-electron chi connectivity index (χ0n) is 17.3. The number of aromatic nitrogens is 1. The number of hydrogen-bond acceptors (Lipinski definition) is 2. The van der Waals surface area contributed by atoms with Gasteiger partial charge in [-0.2, -0.15) is 0 Å². The van der Waals surface area contributed by atoms with Crippen LogP contribution in [0.4, 0.5) is 0 Å². The first-order valence-corrected chi connectivity index (χ1v) is 10.4. The highest BCUT2D eigenvalue weighted by Crippen LogP contribution is 2.31. The minimum absolute atomic E-state index is 0.134. The van der Waals surface area contributed by atoms with Gasteiger partial charge < -0.3 is 9.30 Å². The van der Waals surface area contributed by atoms with Gasteiger partial charge in [-0.3, -0.25) is 0 Å². The molecule has 1 aromatic heterocycles. The van der Waals surface area contributed by atoms with Crippen molar-refractivity contribution in [3.63, 3.8) is 0 Å². The van der Waals surface area contributed by atoms with E-state index in [1.165, 1.54) is 21.8 Å². The molecule has 4 nitrogen and oxygen atoms in total. The predicted molar refractivity (Wildman–Crippen MR) is 128 cm³/mol. The van der Waals surface area contributed by atoms with Gasteiger partial charge in [-0.15, -0.1) is 0 Å². The highest BCUT2D eigenvalue weighted by atomic mass is 16.5. The van der Waals surface area contributed by atoms with Crippen LogP contribution in [-0.2, 0) is 4.74 Å². The molecule has 1 aliphatic heterocycles. The van der Waals surface area contributed by atoms with Crippen LogP contribution in [0.3, 0.4) is 0 Å². The Balaban J connectivity index is 1.48. The first-order valence-electron chi connectivity index (χ1n) is 10.4. The second kappa shape index (κ2) is 8.30. The normalized spacial score (nSPS) is 15.2. The number of allylic oxidation sites excluding steroid dienone is 3. The molecule has 0 fully saturated rings. The van der Waals surface area contributed by atoms with Crippen molar-refractivity contribution in [2.45, 2.75) is 6.42 Å². The maximum atomic E-state index is 9.10. The van der Waals surface area contributed by atoms with Crippen LogP contribution in [0.5, 0.6) is 0 Å². The number of benzene rings is 3. The summed E-state index contributed by atoms with van der Waals surface area (Å²) in [5, 5.41) is 11.6. The average Bonchev–Trinajstić information content (AvgIpc) is 3.19. The maximum absolute atomic E-state index is 9.10. The van der Waals surface area contributed by atoms with E-state index in [0.29, 0.717) is 18.8 Å². The lowest BCUT2D eigenvalue weighted by atomic mass is 10.1. The Morgan fingerprint density at radius 3 is 2.22 bits per heavy atom. The number of rotatable bonds is 3. The van der Waals surface area contributed by atoms with Gasteiger partial charge in [0.15, 0.2) is 0 Å². The van der Waals surface area contributed by atoms with Crippen LogP contribution in [-0.4, -0.2) is 11.2 Å². The molecule has 152 valence electrons. The third kappa shape index (κ3) is 3.45. The van der Waals surface area contributed by atoms with E-state index in [1.807, 2.05) is 18.2 Å². The molecule has 0 saturated carbocycles. The molecule has 0 aliphatic carbocycles. The number of para-hydroxylation sites is 2. The van der Waals surface area contributed by atoms with Crippen molar-refractivity contribution in [2.75, 3.05) is 6.61 Å². The largest absolute Gasteiger partial charge is 0.493 e. The van der Waals surface area contributed by atoms with Crippen molar-refractivity contribution >= 4 is 27.9 Å². The lowest BCUT2D eigenvalue weighted by Gasteiger charge is -2.14. The second-order valence-electron chi connectivity index (χ2n) is 7.54. The fourth-order valence-corrected chi connectivity index (χ4v) is 4.13. The molecule has 0 atom stereocenters. The second-order valence-corrected chi connectivity index (χ2v) is 7.54. The van der Waals surface area contributed by atoms with E-state index in [4.69, 9.17) is 16.6 Å². The Morgan fingerprint density at radius 1 is 0.938 bits per heavy atom. The number of nitriles is 1. The van der Waals surface area contributed by atoms with Crippen LogP contribution < -0.4 is 0 Å². The van der Waals surface area contributed by atoms with Crippen LogP contribution in [0.15, 0.2) is 102 Å². The Morgan fingerprint density at radius 2 is 1.59 bits per heavy atom. The molecule has 3 aromatic carbocycles. The minimum atomic E-state index is 0.134. The third-order valence-electron chi connectivity index (χ3n) is 5.65. The molecule has 0 saturated heterocycles. The summed E-state index contributed by atoms with van der Waals surface area (Å²) in [4.78, 5) is 3.30. The number of fused-ring (bicyclic) bond motifs is 3. The number of hydrogen-bond donors (Lipinski definition) is 0. The third-order valence-corrected chi connectivity index (χ3v) is 5.65. The van der Waals surface area contributed by atoms with Crippen molar-refractivity contribution < 1.29 is 4.74 Å². The summed E-state index contributed by atoms with van der Waals surface area (Å²) >= 11 is 0. The van der Waals surface area contributed by atoms with Gasteiger partial charge in [0.2, 0.25) is 0 Å². The van der Waals surface area contributed by atoms with Crippen LogP contribution in [0.25, 0.3) is 38.4 Å². The minimum Gasteiger partial charge on any atom is -0.493 e. The SMILES string of the molecule is [C-]#[N+]C(C#N)=C1C=C(C=Cc2ccc(-n3c4ccccc4c4ccccc43)cc2)OCC1. The standard InChI is InChI=1S/C28H19N3O/c1-30-26(19-29)21-16-17-32-23(18-21)15-12-20-10-13-22(14-11-20)31-27-8-4-2-6-24(27)25-7-3-5-9-28(25)31/h2-15,18H,16-17H2. The molecule has 0 bridgehead atoms. The van der Waals surface area contributed by atoms with E-state index in [-0.39, 0.29) is 5.70 Å². The molecule has 0 amide bonds. The Bertz CT molecular complexity index is 1430. The fourth-order valence-electron chi connectivity index (χ4n) is 4.13. The molecule has 0 spiro atoms. The Hall–Kier alpha value is -4.54. The van der Waals surface area contributed by atoms with Crippen molar-refractivity contribution in [2.24, 2.45) is 0 Å². The number of nitrogens with zero attached hydrogens (tertiary/aromatic N) is 3. The molecule has 0 N–H and O–H groups in total. The smallest absolute Gasteiger partial charge is 0.265 e. The van der Waals surface area contributed by atoms with Crippen molar-refractivity contribution in [1.29, 1.82) is 5.26 Å². The summed E-state index contributed by atoms with van der Waals surface area (Å²) in [6, 6.07) is 27.3. The quantitative estimate of drug-likeness (QED) is 0.274. The van der Waals surface area contributed by atoms with Crippen molar-refractivity contribution in [3.8, 4) is 11.8 Å². The molecule has 5 rings (SSSR count). The lowest BCUT2D eigenvalue weighted by molar-refractivity contribution is 0.219. The monoisotopic (exact) mass is 413 g/mol. The molecule has 2 heterocycles. The maximum Gasteiger partial charge on any atom is 0.265 e. The van der Waals surface area contributed by atoms with Gasteiger partial charge in [0, 0.05) is 16.5 Å². The van der Waals surface area contributed by atoms with Crippen molar-refractivity contribution in [1.82, 2.24) is 4.57 Å². The van der Waals surface area contributed by atoms with Gasteiger partial charge in [-0.25, -0.2) is 10.1 Å². The van der Waals surface area contributed by atoms with Gasteiger partial charge in [0.05, 0.1) is 30.3 Å². The highest BCUT2D eigenvalue weighted by Gasteiger charge is 2.12. The summed E-state index contributed by atoms with van der Waals surface area (Å²) in [6.07, 6.45) is 6.22. The number of ether oxygens (including phenoxy) is 1. The van der Waals surface area contributed by atoms with Crippen molar-refractivity contribution in [3.05, 3.63) is 119 Å². The Kier molecular flexibility index (Phi) is 5.04. The fraction of sp³-hybridized carbons (Fsp3) is 0.0714. The van der Waals surface area contributed by atoms with Gasteiger partial charge in [-0.05, 0) is 54.0 Å². The topological polar surface area (TPSA) is 42.3 Å². The zero-order chi connectivity index (χ0) is 21.9. The Labute approximate surface area is 186 Å². The van der Waals surface area contributed by atoms with Crippen LogP contribution in [0.2, 0.25) is 0 Å². The van der Waals surface area contributed by atoms with Gasteiger partial charge in [0.25, 0.3) is 5.70 Å². The molecule has 1 aliphatic rings. The van der Waals surface area contributed by atoms with E-state index in [0.717, 1.165) is 16.8 Å². The first-order chi connectivity index (χ1) is 15.8. The summed E-state index contributed by atoms with van der Waals surface area (Å²) < 4.78 is 7.96. The molecule has 32 heavy (non-hydrogen) atoms. The summed E-state index contributed by atoms with van der Waals surface area (Å²) in [5.41, 5.74) is 5.38. The highest BCUT2D eigenvalue weighted by molar-refractivity contribution is 6.09. The lowest BCUT2D eigenvalue weighted by Crippen LogP contribution is -2.03. The van der Waals surface area contributed by atoms with Gasteiger partial charge >= 0.3 is 0 Å². The van der Waals surface area contributed by atoms with Gasteiger partial charge in [0.1, 0.15) is 5.76 Å². The molecular weight excluding hydrogens is 394 g/mol. The van der Waals surface area contributed by atoms with Crippen LogP contribution in [0, 0.1) is 17.9 Å². The summed E-state index contributed by atoms with van der Waals surface area (Å²) in [7, 11) is 0. The summed E-state index contributed by atoms with van der Waals surface area (Å²) in [6.45, 7) is 7.60. The zero-order valence-corrected chi connectivity index (χ0v) is 17.3. The molecule has 4 heteroatoms. The van der Waals surface area contributed by atoms with E-state index < -0.39 is 0 Å². The van der Waals surface area contributed by atoms with Gasteiger partial charge in [-0.1, -0.05) is 54.6 Å². The summed E-state index contributed by atoms with van der Waals surface area (Å²) in [5.74, 6) is 0.661. The average molecular weight is 413 g/mol. The molecule has 0 unspecified atom stereocenters. The van der Waals surface area contributed by atoms with E-state index in [1.54, 1.807) is 6.08 Å². The molecular formula is C28H19N3O. The van der Waals surface area contributed by atoms with Crippen LogP contribution in [0.1, 0.15) is 12.0 Å².